The van der Waals surface area contributed by atoms with Crippen molar-refractivity contribution in [3.05, 3.63) is 60.6 Å². The minimum atomic E-state index is -0.0853. The summed E-state index contributed by atoms with van der Waals surface area (Å²) in [6.07, 6.45) is 4.27. The van der Waals surface area contributed by atoms with Gasteiger partial charge in [0.2, 0.25) is 0 Å². The molecule has 0 radical (unpaired) electrons. The van der Waals surface area contributed by atoms with E-state index in [9.17, 15) is 4.79 Å². The third-order valence-electron chi connectivity index (χ3n) is 3.72. The monoisotopic (exact) mass is 309 g/mol. The largest absolute Gasteiger partial charge is 0.375 e. The Morgan fingerprint density at radius 2 is 2.09 bits per heavy atom. The maximum atomic E-state index is 12.1. The molecular weight excluding hydrogens is 290 g/mol. The maximum Gasteiger partial charge on any atom is 0.251 e. The number of fused-ring (bicyclic) bond motifs is 1. The van der Waals surface area contributed by atoms with Crippen molar-refractivity contribution in [2.75, 3.05) is 25.0 Å². The normalized spacial score (nSPS) is 10.7. The van der Waals surface area contributed by atoms with Crippen LogP contribution in [-0.4, -0.2) is 40.6 Å². The zero-order valence-corrected chi connectivity index (χ0v) is 13.0. The number of nitrogens with zero attached hydrogens (tertiary/aromatic N) is 4. The fourth-order valence-electron chi connectivity index (χ4n) is 2.39. The van der Waals surface area contributed by atoms with Crippen molar-refractivity contribution in [1.82, 2.24) is 19.9 Å². The molecule has 3 rings (SSSR count). The van der Waals surface area contributed by atoms with Crippen molar-refractivity contribution >= 4 is 17.2 Å². The van der Waals surface area contributed by atoms with Gasteiger partial charge in [-0.15, -0.1) is 10.2 Å². The molecule has 1 N–H and O–H groups in total. The second kappa shape index (κ2) is 6.91. The standard InChI is InChI=1S/C17H19N5O/c1-21(15-6-3-2-4-7-15)10-5-9-18-17(23)14-8-11-22-13-19-20-16(22)12-14/h2-4,6-8,11-13H,5,9-10H2,1H3,(H,18,23). The van der Waals surface area contributed by atoms with Gasteiger partial charge in [-0.3, -0.25) is 9.20 Å². The maximum absolute atomic E-state index is 12.1. The predicted molar refractivity (Wildman–Crippen MR) is 89.6 cm³/mol. The number of anilines is 1. The van der Waals surface area contributed by atoms with Crippen LogP contribution < -0.4 is 10.2 Å². The summed E-state index contributed by atoms with van der Waals surface area (Å²) in [6.45, 7) is 1.52. The van der Waals surface area contributed by atoms with E-state index in [4.69, 9.17) is 0 Å². The SMILES string of the molecule is CN(CCCNC(=O)c1ccn2cnnc2c1)c1ccccc1. The van der Waals surface area contributed by atoms with E-state index < -0.39 is 0 Å². The lowest BCUT2D eigenvalue weighted by Gasteiger charge is -2.19. The molecule has 2 heterocycles. The Hall–Kier alpha value is -2.89. The number of carbonyl (C=O) groups is 1. The van der Waals surface area contributed by atoms with Crippen LogP contribution in [0, 0.1) is 0 Å². The van der Waals surface area contributed by atoms with E-state index in [1.807, 2.05) is 18.2 Å². The number of hydrogen-bond donors (Lipinski definition) is 1. The van der Waals surface area contributed by atoms with Crippen molar-refractivity contribution in [1.29, 1.82) is 0 Å². The Balaban J connectivity index is 1.47. The number of aromatic nitrogens is 3. The summed E-state index contributed by atoms with van der Waals surface area (Å²) >= 11 is 0. The van der Waals surface area contributed by atoms with Gasteiger partial charge in [0.05, 0.1) is 0 Å². The van der Waals surface area contributed by atoms with Crippen LogP contribution in [0.15, 0.2) is 55.0 Å². The van der Waals surface area contributed by atoms with Crippen molar-refractivity contribution in [2.24, 2.45) is 0 Å². The smallest absolute Gasteiger partial charge is 0.251 e. The number of para-hydroxylation sites is 1. The van der Waals surface area contributed by atoms with Crippen molar-refractivity contribution in [2.45, 2.75) is 6.42 Å². The van der Waals surface area contributed by atoms with Gasteiger partial charge in [-0.1, -0.05) is 18.2 Å². The molecule has 1 aromatic carbocycles. The fourth-order valence-corrected chi connectivity index (χ4v) is 2.39. The lowest BCUT2D eigenvalue weighted by atomic mass is 10.2. The van der Waals surface area contributed by atoms with Gasteiger partial charge in [0.15, 0.2) is 5.65 Å². The molecule has 0 fully saturated rings. The zero-order valence-electron chi connectivity index (χ0n) is 13.0. The van der Waals surface area contributed by atoms with Crippen LogP contribution in [0.4, 0.5) is 5.69 Å². The predicted octanol–water partition coefficient (Wildman–Crippen LogP) is 1.99. The molecule has 0 bridgehead atoms. The Morgan fingerprint density at radius 3 is 2.91 bits per heavy atom. The molecule has 0 atom stereocenters. The summed E-state index contributed by atoms with van der Waals surface area (Å²) in [5.41, 5.74) is 2.44. The zero-order chi connectivity index (χ0) is 16.1. The summed E-state index contributed by atoms with van der Waals surface area (Å²) in [7, 11) is 2.05. The first-order valence-electron chi connectivity index (χ1n) is 7.58. The van der Waals surface area contributed by atoms with E-state index in [1.54, 1.807) is 29.1 Å². The summed E-state index contributed by atoms with van der Waals surface area (Å²) in [5.74, 6) is -0.0853. The van der Waals surface area contributed by atoms with E-state index in [0.29, 0.717) is 17.8 Å². The van der Waals surface area contributed by atoms with Crippen LogP contribution in [0.5, 0.6) is 0 Å². The number of carbonyl (C=O) groups excluding carboxylic acids is 1. The van der Waals surface area contributed by atoms with Crippen LogP contribution in [0.1, 0.15) is 16.8 Å². The van der Waals surface area contributed by atoms with Crippen LogP contribution in [0.3, 0.4) is 0 Å². The Bertz CT molecular complexity index is 784. The highest BCUT2D eigenvalue weighted by molar-refractivity contribution is 5.94. The van der Waals surface area contributed by atoms with Crippen LogP contribution in [0.25, 0.3) is 5.65 Å². The summed E-state index contributed by atoms with van der Waals surface area (Å²) in [6, 6.07) is 13.7. The third-order valence-corrected chi connectivity index (χ3v) is 3.72. The van der Waals surface area contributed by atoms with Crippen molar-refractivity contribution < 1.29 is 4.79 Å². The molecule has 0 saturated heterocycles. The van der Waals surface area contributed by atoms with Crippen molar-refractivity contribution in [3.8, 4) is 0 Å². The molecule has 3 aromatic rings. The Labute approximate surface area is 134 Å². The number of nitrogens with one attached hydrogen (secondary N) is 1. The number of amides is 1. The quantitative estimate of drug-likeness (QED) is 0.707. The van der Waals surface area contributed by atoms with E-state index in [1.165, 1.54) is 5.69 Å². The molecule has 0 saturated carbocycles. The molecule has 6 heteroatoms. The average molecular weight is 309 g/mol. The molecule has 0 unspecified atom stereocenters. The first-order chi connectivity index (χ1) is 11.2. The average Bonchev–Trinajstić information content (AvgIpc) is 3.06. The van der Waals surface area contributed by atoms with Crippen molar-refractivity contribution in [3.63, 3.8) is 0 Å². The van der Waals surface area contributed by atoms with Crippen LogP contribution in [-0.2, 0) is 0 Å². The summed E-state index contributed by atoms with van der Waals surface area (Å²) in [5, 5.41) is 10.7. The summed E-state index contributed by atoms with van der Waals surface area (Å²) < 4.78 is 1.77. The minimum absolute atomic E-state index is 0.0853. The second-order valence-electron chi connectivity index (χ2n) is 5.38. The molecule has 0 aliphatic rings. The lowest BCUT2D eigenvalue weighted by Crippen LogP contribution is -2.28. The molecular formula is C17H19N5O. The molecule has 6 nitrogen and oxygen atoms in total. The first kappa shape index (κ1) is 15.0. The molecule has 23 heavy (non-hydrogen) atoms. The lowest BCUT2D eigenvalue weighted by molar-refractivity contribution is 0.0953. The van der Waals surface area contributed by atoms with Gasteiger partial charge in [0.25, 0.3) is 5.91 Å². The number of hydrogen-bond acceptors (Lipinski definition) is 4. The molecule has 0 aliphatic heterocycles. The van der Waals surface area contributed by atoms with Gasteiger partial charge in [-0.25, -0.2) is 0 Å². The Morgan fingerprint density at radius 1 is 1.26 bits per heavy atom. The van der Waals surface area contributed by atoms with Crippen LogP contribution in [0.2, 0.25) is 0 Å². The molecule has 2 aromatic heterocycles. The highest BCUT2D eigenvalue weighted by atomic mass is 16.1. The first-order valence-corrected chi connectivity index (χ1v) is 7.58. The molecule has 118 valence electrons. The van der Waals surface area contributed by atoms with Gasteiger partial charge in [0.1, 0.15) is 6.33 Å². The second-order valence-corrected chi connectivity index (χ2v) is 5.38. The third kappa shape index (κ3) is 3.66. The van der Waals surface area contributed by atoms with Gasteiger partial charge in [0, 0.05) is 37.6 Å². The molecule has 0 spiro atoms. The molecule has 0 aliphatic carbocycles. The fraction of sp³-hybridized carbons (Fsp3) is 0.235. The highest BCUT2D eigenvalue weighted by Crippen LogP contribution is 2.10. The van der Waals surface area contributed by atoms with E-state index in [2.05, 4.69) is 39.6 Å². The number of benzene rings is 1. The van der Waals surface area contributed by atoms with Gasteiger partial charge in [-0.2, -0.15) is 0 Å². The van der Waals surface area contributed by atoms with E-state index in [0.717, 1.165) is 13.0 Å². The molecule has 1 amide bonds. The van der Waals surface area contributed by atoms with Gasteiger partial charge >= 0.3 is 0 Å². The van der Waals surface area contributed by atoms with Gasteiger partial charge < -0.3 is 10.2 Å². The van der Waals surface area contributed by atoms with Crippen LogP contribution >= 0.6 is 0 Å². The van der Waals surface area contributed by atoms with E-state index in [-0.39, 0.29) is 5.91 Å². The van der Waals surface area contributed by atoms with Gasteiger partial charge in [-0.05, 0) is 30.7 Å². The Kier molecular flexibility index (Phi) is 4.52. The minimum Gasteiger partial charge on any atom is -0.375 e. The topological polar surface area (TPSA) is 62.5 Å². The summed E-state index contributed by atoms with van der Waals surface area (Å²) in [4.78, 5) is 14.3. The number of rotatable bonds is 6. The number of pyridine rings is 1. The highest BCUT2D eigenvalue weighted by Gasteiger charge is 2.07. The van der Waals surface area contributed by atoms with E-state index >= 15 is 0 Å².